The third kappa shape index (κ3) is 1.21. The predicted octanol–water partition coefficient (Wildman–Crippen LogP) is 1.43. The van der Waals surface area contributed by atoms with Gasteiger partial charge in [0.25, 0.3) is 0 Å². The summed E-state index contributed by atoms with van der Waals surface area (Å²) < 4.78 is 5.72. The van der Waals surface area contributed by atoms with Gasteiger partial charge in [-0.05, 0) is 24.5 Å². The van der Waals surface area contributed by atoms with Gasteiger partial charge in [-0.25, -0.2) is 4.37 Å². The zero-order valence-corrected chi connectivity index (χ0v) is 8.30. The molecule has 4 nitrogen and oxygen atoms in total. The second kappa shape index (κ2) is 2.85. The summed E-state index contributed by atoms with van der Waals surface area (Å²) in [5.74, 6) is 0.711. The van der Waals surface area contributed by atoms with Crippen molar-refractivity contribution in [1.82, 2.24) is 14.2 Å². The van der Waals surface area contributed by atoms with Crippen LogP contribution in [0, 0.1) is 6.92 Å². The van der Waals surface area contributed by atoms with Crippen LogP contribution in [0.15, 0.2) is 12.3 Å². The molecule has 13 heavy (non-hydrogen) atoms. The fourth-order valence-corrected chi connectivity index (χ4v) is 1.85. The molecule has 2 heterocycles. The summed E-state index contributed by atoms with van der Waals surface area (Å²) in [5.41, 5.74) is 7.75. The van der Waals surface area contributed by atoms with Crippen LogP contribution in [-0.2, 0) is 7.05 Å². The van der Waals surface area contributed by atoms with Crippen LogP contribution in [0.2, 0.25) is 0 Å². The molecule has 0 fully saturated rings. The second-order valence-corrected chi connectivity index (χ2v) is 3.69. The summed E-state index contributed by atoms with van der Waals surface area (Å²) in [6, 6.07) is 1.94. The maximum Gasteiger partial charge on any atom is 0.124 e. The van der Waals surface area contributed by atoms with E-state index >= 15 is 0 Å². The van der Waals surface area contributed by atoms with Gasteiger partial charge >= 0.3 is 0 Å². The van der Waals surface area contributed by atoms with Crippen molar-refractivity contribution in [2.45, 2.75) is 6.92 Å². The Bertz CT molecular complexity index is 416. The SMILES string of the molecule is Cc1c(-c2ccns2)nn(C)c1N. The first kappa shape index (κ1) is 8.25. The number of rotatable bonds is 1. The Balaban J connectivity index is 2.59. The summed E-state index contributed by atoms with van der Waals surface area (Å²) in [5, 5.41) is 4.31. The molecule has 2 rings (SSSR count). The maximum atomic E-state index is 5.79. The van der Waals surface area contributed by atoms with E-state index in [4.69, 9.17) is 5.73 Å². The molecule has 0 saturated heterocycles. The molecule has 0 bridgehead atoms. The highest BCUT2D eigenvalue weighted by atomic mass is 32.1. The molecule has 5 heteroatoms. The summed E-state index contributed by atoms with van der Waals surface area (Å²) in [6.45, 7) is 1.97. The minimum absolute atomic E-state index is 0.711. The van der Waals surface area contributed by atoms with Crippen molar-refractivity contribution in [1.29, 1.82) is 0 Å². The van der Waals surface area contributed by atoms with E-state index in [1.807, 2.05) is 20.0 Å². The normalized spacial score (nSPS) is 10.6. The Kier molecular flexibility index (Phi) is 1.81. The standard InChI is InChI=1S/C8H10N4S/c1-5-7(6-3-4-10-13-6)11-12(2)8(5)9/h3-4H,9H2,1-2H3. The molecule has 2 N–H and O–H groups in total. The van der Waals surface area contributed by atoms with Gasteiger partial charge in [0.2, 0.25) is 0 Å². The van der Waals surface area contributed by atoms with Crippen molar-refractivity contribution in [3.05, 3.63) is 17.8 Å². The lowest BCUT2D eigenvalue weighted by molar-refractivity contribution is 0.782. The van der Waals surface area contributed by atoms with Crippen molar-refractivity contribution in [2.24, 2.45) is 7.05 Å². The molecule has 68 valence electrons. The number of nitrogens with zero attached hydrogens (tertiary/aromatic N) is 3. The van der Waals surface area contributed by atoms with E-state index in [1.54, 1.807) is 10.9 Å². The largest absolute Gasteiger partial charge is 0.384 e. The Hall–Kier alpha value is -1.36. The average molecular weight is 194 g/mol. The molecule has 2 aromatic rings. The van der Waals surface area contributed by atoms with Gasteiger partial charge in [-0.15, -0.1) is 0 Å². The highest BCUT2D eigenvalue weighted by Gasteiger charge is 2.11. The monoisotopic (exact) mass is 194 g/mol. The second-order valence-electron chi connectivity index (χ2n) is 2.86. The van der Waals surface area contributed by atoms with Gasteiger partial charge in [-0.2, -0.15) is 5.10 Å². The van der Waals surface area contributed by atoms with E-state index in [-0.39, 0.29) is 0 Å². The van der Waals surface area contributed by atoms with Crippen LogP contribution in [0.3, 0.4) is 0 Å². The lowest BCUT2D eigenvalue weighted by Gasteiger charge is -1.91. The zero-order valence-electron chi connectivity index (χ0n) is 7.48. The smallest absolute Gasteiger partial charge is 0.124 e. The third-order valence-electron chi connectivity index (χ3n) is 2.01. The molecule has 0 aromatic carbocycles. The fourth-order valence-electron chi connectivity index (χ4n) is 1.21. The van der Waals surface area contributed by atoms with E-state index in [9.17, 15) is 0 Å². The number of nitrogen functional groups attached to an aromatic ring is 1. The van der Waals surface area contributed by atoms with E-state index in [0.29, 0.717) is 5.82 Å². The number of anilines is 1. The molecule has 0 unspecified atom stereocenters. The van der Waals surface area contributed by atoms with Gasteiger partial charge in [-0.3, -0.25) is 4.68 Å². The molecule has 0 atom stereocenters. The van der Waals surface area contributed by atoms with E-state index in [1.165, 1.54) is 11.5 Å². The Morgan fingerprint density at radius 2 is 2.31 bits per heavy atom. The average Bonchev–Trinajstić information content (AvgIpc) is 2.70. The van der Waals surface area contributed by atoms with Crippen LogP contribution in [-0.4, -0.2) is 14.2 Å². The van der Waals surface area contributed by atoms with Gasteiger partial charge in [0, 0.05) is 18.8 Å². The number of nitrogens with two attached hydrogens (primary N) is 1. The van der Waals surface area contributed by atoms with E-state index < -0.39 is 0 Å². The van der Waals surface area contributed by atoms with Crippen LogP contribution in [0.4, 0.5) is 5.82 Å². The molecule has 0 amide bonds. The molecular weight excluding hydrogens is 184 g/mol. The summed E-state index contributed by atoms with van der Waals surface area (Å²) in [6.07, 6.45) is 1.77. The number of aromatic nitrogens is 3. The Morgan fingerprint density at radius 1 is 1.54 bits per heavy atom. The molecule has 0 aliphatic carbocycles. The number of aryl methyl sites for hydroxylation is 1. The summed E-state index contributed by atoms with van der Waals surface area (Å²) >= 11 is 1.43. The minimum atomic E-state index is 0.711. The molecule has 0 spiro atoms. The summed E-state index contributed by atoms with van der Waals surface area (Å²) in [7, 11) is 1.84. The topological polar surface area (TPSA) is 56.7 Å². The predicted molar refractivity (Wildman–Crippen MR) is 53.5 cm³/mol. The number of hydrogen-bond acceptors (Lipinski definition) is 4. The highest BCUT2D eigenvalue weighted by Crippen LogP contribution is 2.27. The van der Waals surface area contributed by atoms with Gasteiger partial charge in [0.1, 0.15) is 11.5 Å². The Labute approximate surface area is 80.2 Å². The first-order chi connectivity index (χ1) is 6.20. The van der Waals surface area contributed by atoms with Crippen molar-refractivity contribution in [2.75, 3.05) is 5.73 Å². The highest BCUT2D eigenvalue weighted by molar-refractivity contribution is 7.09. The molecule has 0 aliphatic heterocycles. The van der Waals surface area contributed by atoms with Gasteiger partial charge in [0.15, 0.2) is 0 Å². The van der Waals surface area contributed by atoms with Crippen LogP contribution in [0.25, 0.3) is 10.6 Å². The first-order valence-corrected chi connectivity index (χ1v) is 4.67. The van der Waals surface area contributed by atoms with Crippen LogP contribution in [0.5, 0.6) is 0 Å². The zero-order chi connectivity index (χ0) is 9.42. The van der Waals surface area contributed by atoms with Crippen molar-refractivity contribution in [3.63, 3.8) is 0 Å². The lowest BCUT2D eigenvalue weighted by Crippen LogP contribution is -1.97. The van der Waals surface area contributed by atoms with Gasteiger partial charge < -0.3 is 5.73 Å². The van der Waals surface area contributed by atoms with Crippen LogP contribution >= 0.6 is 11.5 Å². The van der Waals surface area contributed by atoms with E-state index in [2.05, 4.69) is 9.47 Å². The third-order valence-corrected chi connectivity index (χ3v) is 2.76. The van der Waals surface area contributed by atoms with E-state index in [0.717, 1.165) is 16.1 Å². The fraction of sp³-hybridized carbons (Fsp3) is 0.250. The molecule has 0 aliphatic rings. The van der Waals surface area contributed by atoms with Crippen molar-refractivity contribution >= 4 is 17.4 Å². The molecular formula is C8H10N4S. The van der Waals surface area contributed by atoms with Crippen molar-refractivity contribution < 1.29 is 0 Å². The molecule has 0 saturated carbocycles. The number of hydrogen-bond donors (Lipinski definition) is 1. The lowest BCUT2D eigenvalue weighted by atomic mass is 10.2. The quantitative estimate of drug-likeness (QED) is 0.747. The maximum absolute atomic E-state index is 5.79. The van der Waals surface area contributed by atoms with Gasteiger partial charge in [-0.1, -0.05) is 0 Å². The first-order valence-electron chi connectivity index (χ1n) is 3.90. The summed E-state index contributed by atoms with van der Waals surface area (Å²) in [4.78, 5) is 1.06. The van der Waals surface area contributed by atoms with Crippen molar-refractivity contribution in [3.8, 4) is 10.6 Å². The molecule has 2 aromatic heterocycles. The van der Waals surface area contributed by atoms with Crippen LogP contribution < -0.4 is 5.73 Å². The minimum Gasteiger partial charge on any atom is -0.384 e. The molecule has 0 radical (unpaired) electrons. The van der Waals surface area contributed by atoms with Crippen LogP contribution in [0.1, 0.15) is 5.56 Å². The van der Waals surface area contributed by atoms with Gasteiger partial charge in [0.05, 0.1) is 4.88 Å². The Morgan fingerprint density at radius 3 is 2.77 bits per heavy atom.